The maximum Gasteiger partial charge on any atom is 0.230 e. The van der Waals surface area contributed by atoms with Gasteiger partial charge in [-0.3, -0.25) is 0 Å². The Morgan fingerprint density at radius 2 is 1.83 bits per heavy atom. The van der Waals surface area contributed by atoms with Gasteiger partial charge in [-0.2, -0.15) is 0 Å². The Kier molecular flexibility index (Phi) is 4.09. The van der Waals surface area contributed by atoms with Crippen LogP contribution in [0.25, 0.3) is 33.4 Å². The summed E-state index contributed by atoms with van der Waals surface area (Å²) in [5.74, 6) is 0.880. The lowest BCUT2D eigenvalue weighted by Crippen LogP contribution is -2.06. The molecule has 0 spiro atoms. The number of aromatic nitrogens is 2. The fourth-order valence-electron chi connectivity index (χ4n) is 3.22. The molecule has 0 saturated heterocycles. The monoisotopic (exact) mass is 385 g/mol. The van der Waals surface area contributed by atoms with Crippen molar-refractivity contribution in [1.82, 2.24) is 9.97 Å². The predicted octanol–water partition coefficient (Wildman–Crippen LogP) is 5.36. The first-order valence-electron chi connectivity index (χ1n) is 9.07. The number of halogens is 1. The molecule has 0 amide bonds. The Bertz CT molecular complexity index is 1390. The standard InChI is InChI=1S/C23H16FN3O2/c1-28-15-10-11-21-14(12-15)13-16(22-25-19-8-4-5-9-20(19)26-22)23(29-21)27-18-7-3-2-6-17(18)24/h2-13H,1H3,(H,25,26). The van der Waals surface area contributed by atoms with Crippen LogP contribution < -0.4 is 10.3 Å². The molecular formula is C23H16FN3O2. The third-order valence-corrected chi connectivity index (χ3v) is 4.67. The van der Waals surface area contributed by atoms with E-state index in [1.165, 1.54) is 6.07 Å². The Hall–Kier alpha value is -3.93. The topological polar surface area (TPSA) is 63.4 Å². The lowest BCUT2D eigenvalue weighted by Gasteiger charge is -2.05. The number of nitrogens with zero attached hydrogens (tertiary/aromatic N) is 2. The van der Waals surface area contributed by atoms with E-state index < -0.39 is 5.82 Å². The van der Waals surface area contributed by atoms with E-state index in [9.17, 15) is 4.39 Å². The lowest BCUT2D eigenvalue weighted by atomic mass is 10.1. The second kappa shape index (κ2) is 6.91. The van der Waals surface area contributed by atoms with Crippen LogP contribution in [-0.2, 0) is 0 Å². The van der Waals surface area contributed by atoms with Crippen LogP contribution in [0, 0.1) is 5.82 Å². The Labute approximate surface area is 165 Å². The van der Waals surface area contributed by atoms with Gasteiger partial charge in [-0.25, -0.2) is 14.4 Å². The highest BCUT2D eigenvalue weighted by molar-refractivity contribution is 5.84. The van der Waals surface area contributed by atoms with E-state index in [4.69, 9.17) is 9.15 Å². The molecular weight excluding hydrogens is 369 g/mol. The van der Waals surface area contributed by atoms with Gasteiger partial charge in [0.15, 0.2) is 0 Å². The van der Waals surface area contributed by atoms with Crippen molar-refractivity contribution < 1.29 is 13.5 Å². The number of imidazole rings is 1. The van der Waals surface area contributed by atoms with Crippen molar-refractivity contribution in [3.8, 4) is 17.1 Å². The summed E-state index contributed by atoms with van der Waals surface area (Å²) in [4.78, 5) is 12.4. The summed E-state index contributed by atoms with van der Waals surface area (Å²) < 4.78 is 25.6. The van der Waals surface area contributed by atoms with Crippen LogP contribution in [0.2, 0.25) is 0 Å². The van der Waals surface area contributed by atoms with Crippen LogP contribution in [0.4, 0.5) is 10.1 Å². The highest BCUT2D eigenvalue weighted by Gasteiger charge is 2.12. The summed E-state index contributed by atoms with van der Waals surface area (Å²) in [6.45, 7) is 0. The smallest absolute Gasteiger partial charge is 0.230 e. The maximum atomic E-state index is 14.2. The number of aromatic amines is 1. The number of methoxy groups -OCH3 is 1. The molecule has 0 aliphatic carbocycles. The van der Waals surface area contributed by atoms with Crippen molar-refractivity contribution in [2.45, 2.75) is 0 Å². The SMILES string of the molecule is COc1ccc2oc(=Nc3ccccc3F)c(-c3nc4ccccc4[nH]3)cc2c1. The third-order valence-electron chi connectivity index (χ3n) is 4.67. The molecule has 0 aliphatic heterocycles. The van der Waals surface area contributed by atoms with Gasteiger partial charge < -0.3 is 14.1 Å². The highest BCUT2D eigenvalue weighted by Crippen LogP contribution is 2.26. The fourth-order valence-corrected chi connectivity index (χ4v) is 3.22. The van der Waals surface area contributed by atoms with Crippen molar-refractivity contribution in [3.63, 3.8) is 0 Å². The van der Waals surface area contributed by atoms with Gasteiger partial charge in [0.25, 0.3) is 0 Å². The minimum atomic E-state index is -0.423. The molecule has 0 bridgehead atoms. The normalized spacial score (nSPS) is 12.0. The first-order valence-corrected chi connectivity index (χ1v) is 9.07. The second-order valence-electron chi connectivity index (χ2n) is 6.53. The summed E-state index contributed by atoms with van der Waals surface area (Å²) in [5, 5.41) is 0.826. The zero-order chi connectivity index (χ0) is 19.8. The van der Waals surface area contributed by atoms with Crippen molar-refractivity contribution >= 4 is 27.7 Å². The Balaban J connectivity index is 1.82. The largest absolute Gasteiger partial charge is 0.497 e. The summed E-state index contributed by atoms with van der Waals surface area (Å²) in [6, 6.07) is 21.4. The number of nitrogens with one attached hydrogen (secondary N) is 1. The van der Waals surface area contributed by atoms with Crippen molar-refractivity contribution in [3.05, 3.63) is 84.2 Å². The molecule has 0 fully saturated rings. The average molecular weight is 385 g/mol. The molecule has 0 atom stereocenters. The maximum absolute atomic E-state index is 14.2. The van der Waals surface area contributed by atoms with E-state index in [1.807, 2.05) is 36.4 Å². The molecule has 3 aromatic carbocycles. The molecule has 5 rings (SSSR count). The van der Waals surface area contributed by atoms with Gasteiger partial charge in [0, 0.05) is 5.39 Å². The molecule has 5 nitrogen and oxygen atoms in total. The van der Waals surface area contributed by atoms with Crippen LogP contribution in [0.1, 0.15) is 0 Å². The van der Waals surface area contributed by atoms with Crippen LogP contribution >= 0.6 is 0 Å². The van der Waals surface area contributed by atoms with E-state index in [-0.39, 0.29) is 11.2 Å². The molecule has 0 aliphatic rings. The number of H-pyrrole nitrogens is 1. The molecule has 6 heteroatoms. The number of hydrogen-bond acceptors (Lipinski definition) is 4. The lowest BCUT2D eigenvalue weighted by molar-refractivity contribution is 0.415. The number of fused-ring (bicyclic) bond motifs is 2. The molecule has 5 aromatic rings. The zero-order valence-electron chi connectivity index (χ0n) is 15.5. The van der Waals surface area contributed by atoms with Gasteiger partial charge in [-0.15, -0.1) is 0 Å². The van der Waals surface area contributed by atoms with E-state index in [1.54, 1.807) is 37.4 Å². The number of ether oxygens (including phenoxy) is 1. The minimum absolute atomic E-state index is 0.196. The summed E-state index contributed by atoms with van der Waals surface area (Å²) in [6.07, 6.45) is 0. The predicted molar refractivity (Wildman–Crippen MR) is 109 cm³/mol. The minimum Gasteiger partial charge on any atom is -0.497 e. The first kappa shape index (κ1) is 17.2. The highest BCUT2D eigenvalue weighted by atomic mass is 19.1. The fraction of sp³-hybridized carbons (Fsp3) is 0.0435. The number of para-hydroxylation sites is 3. The first-order chi connectivity index (χ1) is 14.2. The van der Waals surface area contributed by atoms with Gasteiger partial charge >= 0.3 is 0 Å². The number of rotatable bonds is 3. The quantitative estimate of drug-likeness (QED) is 0.455. The van der Waals surface area contributed by atoms with Gasteiger partial charge in [-0.1, -0.05) is 24.3 Å². The summed E-state index contributed by atoms with van der Waals surface area (Å²) in [7, 11) is 1.61. The van der Waals surface area contributed by atoms with Crippen LogP contribution in [-0.4, -0.2) is 17.1 Å². The molecule has 29 heavy (non-hydrogen) atoms. The molecule has 1 N–H and O–H groups in total. The van der Waals surface area contributed by atoms with Gasteiger partial charge in [0.1, 0.15) is 28.7 Å². The van der Waals surface area contributed by atoms with Crippen LogP contribution in [0.3, 0.4) is 0 Å². The van der Waals surface area contributed by atoms with E-state index in [0.29, 0.717) is 22.7 Å². The zero-order valence-corrected chi connectivity index (χ0v) is 15.5. The van der Waals surface area contributed by atoms with Gasteiger partial charge in [0.05, 0.1) is 23.7 Å². The van der Waals surface area contributed by atoms with Gasteiger partial charge in [-0.05, 0) is 48.5 Å². The Morgan fingerprint density at radius 3 is 2.66 bits per heavy atom. The number of hydrogen-bond donors (Lipinski definition) is 1. The van der Waals surface area contributed by atoms with Crippen molar-refractivity contribution in [2.24, 2.45) is 4.99 Å². The van der Waals surface area contributed by atoms with E-state index >= 15 is 0 Å². The molecule has 0 unspecified atom stereocenters. The summed E-state index contributed by atoms with van der Waals surface area (Å²) in [5.41, 5.74) is 3.43. The molecule has 0 saturated carbocycles. The Morgan fingerprint density at radius 1 is 1.00 bits per heavy atom. The van der Waals surface area contributed by atoms with Gasteiger partial charge in [0.2, 0.25) is 5.55 Å². The van der Waals surface area contributed by atoms with Crippen LogP contribution in [0.5, 0.6) is 5.75 Å². The van der Waals surface area contributed by atoms with E-state index in [0.717, 1.165) is 16.4 Å². The summed E-state index contributed by atoms with van der Waals surface area (Å²) >= 11 is 0. The van der Waals surface area contributed by atoms with Crippen molar-refractivity contribution in [2.75, 3.05) is 7.11 Å². The second-order valence-corrected chi connectivity index (χ2v) is 6.53. The van der Waals surface area contributed by atoms with E-state index in [2.05, 4.69) is 15.0 Å². The number of benzene rings is 3. The molecule has 2 aromatic heterocycles. The van der Waals surface area contributed by atoms with Crippen LogP contribution in [0.15, 0.2) is 82.2 Å². The van der Waals surface area contributed by atoms with Crippen molar-refractivity contribution in [1.29, 1.82) is 0 Å². The average Bonchev–Trinajstić information content (AvgIpc) is 3.18. The molecule has 0 radical (unpaired) electrons. The molecule has 142 valence electrons. The molecule has 2 heterocycles. The third kappa shape index (κ3) is 3.14.